The van der Waals surface area contributed by atoms with E-state index >= 15 is 0 Å². The Balaban J connectivity index is 2.16. The lowest BCUT2D eigenvalue weighted by Crippen LogP contribution is -2.37. The van der Waals surface area contributed by atoms with Crippen LogP contribution in [0.4, 0.5) is 5.69 Å². The molecule has 0 radical (unpaired) electrons. The molecule has 0 aliphatic carbocycles. The fraction of sp³-hybridized carbons (Fsp3) is 0.364. The first-order chi connectivity index (χ1) is 9.02. The Kier molecular flexibility index (Phi) is 3.41. The van der Waals surface area contributed by atoms with Gasteiger partial charge in [0.05, 0.1) is 11.5 Å². The minimum Gasteiger partial charge on any atom is -0.299 e. The average molecular weight is 263 g/mol. The van der Waals surface area contributed by atoms with Crippen molar-refractivity contribution in [3.63, 3.8) is 0 Å². The summed E-state index contributed by atoms with van der Waals surface area (Å²) in [5.41, 5.74) is 1.50. The van der Waals surface area contributed by atoms with Gasteiger partial charge in [0.1, 0.15) is 0 Å². The number of nitrogens with zero attached hydrogens (tertiary/aromatic N) is 5. The molecule has 8 nitrogen and oxygen atoms in total. The molecule has 1 atom stereocenters. The summed E-state index contributed by atoms with van der Waals surface area (Å²) in [4.78, 5) is 21.2. The van der Waals surface area contributed by atoms with Gasteiger partial charge in [-0.25, -0.2) is 10.0 Å². The zero-order valence-electron chi connectivity index (χ0n) is 10.6. The Labute approximate surface area is 109 Å². The van der Waals surface area contributed by atoms with E-state index in [4.69, 9.17) is 0 Å². The number of hydrogen-bond donors (Lipinski definition) is 0. The maximum absolute atomic E-state index is 10.9. The van der Waals surface area contributed by atoms with Crippen molar-refractivity contribution >= 4 is 12.0 Å². The molecule has 8 heteroatoms. The molecule has 0 N–H and O–H groups in total. The lowest BCUT2D eigenvalue weighted by molar-refractivity contribution is -0.385. The monoisotopic (exact) mass is 263 g/mol. The van der Waals surface area contributed by atoms with E-state index in [0.29, 0.717) is 12.1 Å². The molecule has 2 rings (SSSR count). The Morgan fingerprint density at radius 2 is 2.21 bits per heavy atom. The first-order valence-electron chi connectivity index (χ1n) is 5.63. The second-order valence-corrected chi connectivity index (χ2v) is 4.28. The minimum atomic E-state index is -0.532. The van der Waals surface area contributed by atoms with Gasteiger partial charge >= 0.3 is 0 Å². The first-order valence-corrected chi connectivity index (χ1v) is 5.63. The molecule has 0 spiro atoms. The molecular weight excluding hydrogens is 250 g/mol. The summed E-state index contributed by atoms with van der Waals surface area (Å²) in [6.45, 7) is 2.05. The van der Waals surface area contributed by atoms with E-state index in [-0.39, 0.29) is 5.69 Å². The molecule has 0 aromatic heterocycles. The Morgan fingerprint density at radius 3 is 2.79 bits per heavy atom. The number of aryl methyl sites for hydroxylation is 1. The maximum atomic E-state index is 10.9. The van der Waals surface area contributed by atoms with Gasteiger partial charge in [-0.1, -0.05) is 16.5 Å². The van der Waals surface area contributed by atoms with E-state index in [1.165, 1.54) is 16.1 Å². The van der Waals surface area contributed by atoms with Gasteiger partial charge in [0, 0.05) is 18.7 Å². The molecule has 100 valence electrons. The molecule has 1 aromatic carbocycles. The van der Waals surface area contributed by atoms with Crippen molar-refractivity contribution in [2.45, 2.75) is 19.6 Å². The molecule has 0 bridgehead atoms. The summed E-state index contributed by atoms with van der Waals surface area (Å²) < 4.78 is 0. The van der Waals surface area contributed by atoms with E-state index < -0.39 is 11.1 Å². The summed E-state index contributed by atoms with van der Waals surface area (Å²) in [6, 6.07) is 4.83. The standard InChI is InChI=1S/C11H13N5O3/c1-8-5-9(3-4-10(8)16(18)19)6-15-11(7-17)14(2)12-13-15/h3-5,7,11H,6H2,1-2H3. The first kappa shape index (κ1) is 12.9. The van der Waals surface area contributed by atoms with Crippen molar-refractivity contribution in [3.05, 3.63) is 39.4 Å². The number of carbonyl (C=O) groups excluding carboxylic acids is 1. The highest BCUT2D eigenvalue weighted by Crippen LogP contribution is 2.22. The van der Waals surface area contributed by atoms with Gasteiger partial charge in [-0.2, -0.15) is 0 Å². The summed E-state index contributed by atoms with van der Waals surface area (Å²) in [5, 5.41) is 21.3. The van der Waals surface area contributed by atoms with Crippen LogP contribution in [0.1, 0.15) is 11.1 Å². The van der Waals surface area contributed by atoms with Crippen LogP contribution in [0.3, 0.4) is 0 Å². The lowest BCUT2D eigenvalue weighted by atomic mass is 10.1. The van der Waals surface area contributed by atoms with Crippen LogP contribution in [0.2, 0.25) is 0 Å². The topological polar surface area (TPSA) is 91.4 Å². The van der Waals surface area contributed by atoms with Crippen LogP contribution in [0.15, 0.2) is 28.6 Å². The molecule has 19 heavy (non-hydrogen) atoms. The highest BCUT2D eigenvalue weighted by Gasteiger charge is 2.26. The Morgan fingerprint density at radius 1 is 1.47 bits per heavy atom. The number of hydrogen-bond acceptors (Lipinski definition) is 7. The number of nitro benzene ring substituents is 1. The summed E-state index contributed by atoms with van der Waals surface area (Å²) in [7, 11) is 1.66. The second kappa shape index (κ2) is 5.01. The fourth-order valence-corrected chi connectivity index (χ4v) is 1.90. The molecule has 1 aliphatic rings. The molecule has 0 saturated heterocycles. The highest BCUT2D eigenvalue weighted by atomic mass is 16.6. The van der Waals surface area contributed by atoms with E-state index in [9.17, 15) is 14.9 Å². The van der Waals surface area contributed by atoms with Gasteiger partial charge in [0.2, 0.25) is 0 Å². The quantitative estimate of drug-likeness (QED) is 0.466. The number of benzene rings is 1. The average Bonchev–Trinajstić information content (AvgIpc) is 2.69. The minimum absolute atomic E-state index is 0.0795. The zero-order valence-corrected chi connectivity index (χ0v) is 10.6. The van der Waals surface area contributed by atoms with Crippen LogP contribution >= 0.6 is 0 Å². The van der Waals surface area contributed by atoms with Gasteiger partial charge in [-0.05, 0) is 18.6 Å². The highest BCUT2D eigenvalue weighted by molar-refractivity contribution is 5.57. The maximum Gasteiger partial charge on any atom is 0.272 e. The van der Waals surface area contributed by atoms with Gasteiger partial charge in [0.15, 0.2) is 12.5 Å². The Bertz CT molecular complexity index is 545. The summed E-state index contributed by atoms with van der Waals surface area (Å²) in [6.07, 6.45) is 0.216. The molecule has 0 saturated carbocycles. The lowest BCUT2D eigenvalue weighted by Gasteiger charge is -2.20. The predicted octanol–water partition coefficient (Wildman–Crippen LogP) is 1.46. The third kappa shape index (κ3) is 2.51. The summed E-state index contributed by atoms with van der Waals surface area (Å²) in [5.74, 6) is 0. The van der Waals surface area contributed by atoms with Crippen molar-refractivity contribution in [2.75, 3.05) is 7.05 Å². The molecule has 0 fully saturated rings. The zero-order chi connectivity index (χ0) is 14.0. The van der Waals surface area contributed by atoms with Crippen LogP contribution in [0.25, 0.3) is 0 Å². The molecule has 1 aliphatic heterocycles. The molecule has 1 unspecified atom stereocenters. The normalized spacial score (nSPS) is 17.9. The van der Waals surface area contributed by atoms with E-state index in [2.05, 4.69) is 10.4 Å². The number of nitro groups is 1. The third-order valence-corrected chi connectivity index (χ3v) is 2.91. The smallest absolute Gasteiger partial charge is 0.272 e. The van der Waals surface area contributed by atoms with Gasteiger partial charge < -0.3 is 0 Å². The van der Waals surface area contributed by atoms with Crippen molar-refractivity contribution in [1.82, 2.24) is 10.0 Å². The predicted molar refractivity (Wildman–Crippen MR) is 65.8 cm³/mol. The Hall–Kier alpha value is -2.51. The molecule has 1 aromatic rings. The summed E-state index contributed by atoms with van der Waals surface area (Å²) >= 11 is 0. The number of rotatable bonds is 4. The van der Waals surface area contributed by atoms with E-state index in [0.717, 1.165) is 11.8 Å². The molecule has 1 heterocycles. The molecular formula is C11H13N5O3. The van der Waals surface area contributed by atoms with E-state index in [1.54, 1.807) is 26.1 Å². The third-order valence-electron chi connectivity index (χ3n) is 2.91. The molecule has 0 amide bonds. The number of carbonyl (C=O) groups is 1. The van der Waals surface area contributed by atoms with E-state index in [1.807, 2.05) is 0 Å². The van der Waals surface area contributed by atoms with Crippen LogP contribution in [0.5, 0.6) is 0 Å². The van der Waals surface area contributed by atoms with Crippen LogP contribution in [-0.2, 0) is 11.3 Å². The van der Waals surface area contributed by atoms with Crippen molar-refractivity contribution in [1.29, 1.82) is 0 Å². The SMILES string of the molecule is Cc1cc(CN2N=NN(C)C2C=O)ccc1[N+](=O)[O-]. The van der Waals surface area contributed by atoms with Gasteiger partial charge in [-0.15, -0.1) is 0 Å². The van der Waals surface area contributed by atoms with Crippen LogP contribution in [0, 0.1) is 17.0 Å². The fourth-order valence-electron chi connectivity index (χ4n) is 1.90. The van der Waals surface area contributed by atoms with Gasteiger partial charge in [-0.3, -0.25) is 14.9 Å². The van der Waals surface area contributed by atoms with Crippen molar-refractivity contribution in [2.24, 2.45) is 10.4 Å². The van der Waals surface area contributed by atoms with Gasteiger partial charge in [0.25, 0.3) is 5.69 Å². The number of aldehydes is 1. The van der Waals surface area contributed by atoms with Crippen molar-refractivity contribution < 1.29 is 9.72 Å². The van der Waals surface area contributed by atoms with Crippen LogP contribution < -0.4 is 0 Å². The second-order valence-electron chi connectivity index (χ2n) is 4.28. The van der Waals surface area contributed by atoms with Crippen LogP contribution in [-0.4, -0.2) is 34.4 Å². The van der Waals surface area contributed by atoms with Crippen molar-refractivity contribution in [3.8, 4) is 0 Å². The largest absolute Gasteiger partial charge is 0.299 e. The number of likely N-dealkylation sites (N-methyl/N-ethyl adjacent to an activating group) is 1.